The number of benzene rings is 1. The Morgan fingerprint density at radius 3 is 2.61 bits per heavy atom. The molecule has 1 aromatic carbocycles. The van der Waals surface area contributed by atoms with Gasteiger partial charge in [0, 0.05) is 6.42 Å². The summed E-state index contributed by atoms with van der Waals surface area (Å²) < 4.78 is 13.3. The van der Waals surface area contributed by atoms with Crippen molar-refractivity contribution in [3.8, 4) is 0 Å². The van der Waals surface area contributed by atoms with Crippen LogP contribution < -0.4 is 0 Å². The Bertz CT molecular complexity index is 436. The highest BCUT2D eigenvalue weighted by molar-refractivity contribution is 6.31. The topological polar surface area (TPSA) is 20.2 Å². The normalized spacial score (nSPS) is 31.8. The van der Waals surface area contributed by atoms with Crippen LogP contribution in [0.3, 0.4) is 0 Å². The fourth-order valence-electron chi connectivity index (χ4n) is 3.69. The van der Waals surface area contributed by atoms with Crippen LogP contribution in [0.15, 0.2) is 18.2 Å². The predicted molar refractivity (Wildman–Crippen MR) is 70.1 cm³/mol. The van der Waals surface area contributed by atoms with Crippen LogP contribution in [0.4, 0.5) is 4.39 Å². The molecule has 2 aliphatic carbocycles. The van der Waals surface area contributed by atoms with Crippen molar-refractivity contribution in [2.24, 2.45) is 17.8 Å². The number of rotatable bonds is 3. The Kier molecular flexibility index (Phi) is 3.33. The molecule has 0 amide bonds. The first-order valence-electron chi connectivity index (χ1n) is 6.79. The summed E-state index contributed by atoms with van der Waals surface area (Å²) >= 11 is 5.93. The zero-order valence-electron chi connectivity index (χ0n) is 10.3. The van der Waals surface area contributed by atoms with E-state index in [0.29, 0.717) is 24.2 Å². The molecule has 0 spiro atoms. The second-order valence-corrected chi connectivity index (χ2v) is 6.05. The Morgan fingerprint density at radius 2 is 1.94 bits per heavy atom. The molecule has 3 atom stereocenters. The highest BCUT2D eigenvalue weighted by Gasteiger charge is 2.53. The number of aliphatic hydroxyl groups excluding tert-OH is 1. The summed E-state index contributed by atoms with van der Waals surface area (Å²) in [6.45, 7) is 0. The van der Waals surface area contributed by atoms with Crippen molar-refractivity contribution < 1.29 is 9.50 Å². The van der Waals surface area contributed by atoms with Crippen LogP contribution in [0, 0.1) is 23.6 Å². The molecule has 0 saturated heterocycles. The van der Waals surface area contributed by atoms with Gasteiger partial charge in [-0.15, -0.1) is 0 Å². The van der Waals surface area contributed by atoms with Crippen LogP contribution in [0.25, 0.3) is 0 Å². The second-order valence-electron chi connectivity index (χ2n) is 5.67. The maximum absolute atomic E-state index is 13.3. The van der Waals surface area contributed by atoms with Gasteiger partial charge in [-0.05, 0) is 42.2 Å². The van der Waals surface area contributed by atoms with Gasteiger partial charge in [-0.3, -0.25) is 0 Å². The summed E-state index contributed by atoms with van der Waals surface area (Å²) in [5.41, 5.74) is 0.729. The number of fused-ring (bicyclic) bond motifs is 1. The molecule has 1 N–H and O–H groups in total. The molecule has 18 heavy (non-hydrogen) atoms. The lowest BCUT2D eigenvalue weighted by Gasteiger charge is -2.12. The number of hydrogen-bond donors (Lipinski definition) is 1. The molecule has 0 heterocycles. The van der Waals surface area contributed by atoms with Gasteiger partial charge in [0.25, 0.3) is 0 Å². The van der Waals surface area contributed by atoms with Crippen molar-refractivity contribution in [2.75, 3.05) is 0 Å². The molecule has 2 saturated carbocycles. The molecule has 3 unspecified atom stereocenters. The molecule has 3 rings (SSSR count). The van der Waals surface area contributed by atoms with Crippen molar-refractivity contribution in [2.45, 2.75) is 38.2 Å². The molecule has 0 aliphatic heterocycles. The second kappa shape index (κ2) is 4.82. The van der Waals surface area contributed by atoms with Crippen LogP contribution in [0.5, 0.6) is 0 Å². The SMILES string of the molecule is OC(Cc1cccc(F)c1Cl)C1C2CCCCC21. The van der Waals surface area contributed by atoms with Crippen LogP contribution in [0.1, 0.15) is 31.2 Å². The molecule has 2 aliphatic rings. The highest BCUT2D eigenvalue weighted by Crippen LogP contribution is 2.57. The minimum absolute atomic E-state index is 0.167. The van der Waals surface area contributed by atoms with Gasteiger partial charge in [-0.2, -0.15) is 0 Å². The third kappa shape index (κ3) is 2.17. The summed E-state index contributed by atoms with van der Waals surface area (Å²) in [7, 11) is 0. The van der Waals surface area contributed by atoms with Crippen LogP contribution in [-0.2, 0) is 6.42 Å². The lowest BCUT2D eigenvalue weighted by Crippen LogP contribution is -2.15. The first-order chi connectivity index (χ1) is 8.68. The van der Waals surface area contributed by atoms with E-state index in [1.165, 1.54) is 31.7 Å². The van der Waals surface area contributed by atoms with E-state index in [0.717, 1.165) is 5.56 Å². The first-order valence-corrected chi connectivity index (χ1v) is 7.17. The van der Waals surface area contributed by atoms with Crippen molar-refractivity contribution in [3.05, 3.63) is 34.6 Å². The van der Waals surface area contributed by atoms with Gasteiger partial charge in [-0.25, -0.2) is 4.39 Å². The van der Waals surface area contributed by atoms with Crippen LogP contribution >= 0.6 is 11.6 Å². The number of hydrogen-bond acceptors (Lipinski definition) is 1. The Hall–Kier alpha value is -0.600. The van der Waals surface area contributed by atoms with E-state index >= 15 is 0 Å². The lowest BCUT2D eigenvalue weighted by molar-refractivity contribution is 0.140. The molecule has 1 nitrogen and oxygen atoms in total. The van der Waals surface area contributed by atoms with Gasteiger partial charge in [0.2, 0.25) is 0 Å². The fraction of sp³-hybridized carbons (Fsp3) is 0.600. The van der Waals surface area contributed by atoms with Gasteiger partial charge >= 0.3 is 0 Å². The molecule has 2 fully saturated rings. The molecule has 1 aromatic rings. The largest absolute Gasteiger partial charge is 0.392 e. The van der Waals surface area contributed by atoms with E-state index in [9.17, 15) is 9.50 Å². The fourth-order valence-corrected chi connectivity index (χ4v) is 3.89. The molecule has 98 valence electrons. The minimum atomic E-state index is -0.394. The maximum Gasteiger partial charge on any atom is 0.142 e. The number of halogens is 2. The molecule has 0 radical (unpaired) electrons. The summed E-state index contributed by atoms with van der Waals surface area (Å²) in [4.78, 5) is 0. The van der Waals surface area contributed by atoms with Crippen molar-refractivity contribution >= 4 is 11.6 Å². The Labute approximate surface area is 112 Å². The van der Waals surface area contributed by atoms with E-state index in [2.05, 4.69) is 0 Å². The average Bonchev–Trinajstić information content (AvgIpc) is 3.09. The van der Waals surface area contributed by atoms with Crippen LogP contribution in [-0.4, -0.2) is 11.2 Å². The molecule has 0 aromatic heterocycles. The van der Waals surface area contributed by atoms with Gasteiger partial charge in [0.1, 0.15) is 5.82 Å². The predicted octanol–water partition coefficient (Wildman–Crippen LogP) is 3.82. The Morgan fingerprint density at radius 1 is 1.28 bits per heavy atom. The standard InChI is InChI=1S/C15H18ClFO/c16-15-9(4-3-7-12(15)17)8-13(18)14-10-5-1-2-6-11(10)14/h3-4,7,10-11,13-14,18H,1-2,5-6,8H2. The summed E-state index contributed by atoms with van der Waals surface area (Å²) in [6.07, 6.45) is 5.22. The summed E-state index contributed by atoms with van der Waals surface area (Å²) in [5, 5.41) is 10.5. The van der Waals surface area contributed by atoms with E-state index in [4.69, 9.17) is 11.6 Å². The van der Waals surface area contributed by atoms with Crippen molar-refractivity contribution in [3.63, 3.8) is 0 Å². The zero-order valence-corrected chi connectivity index (χ0v) is 11.0. The summed E-state index contributed by atoms with van der Waals surface area (Å²) in [5.74, 6) is 1.45. The smallest absolute Gasteiger partial charge is 0.142 e. The zero-order chi connectivity index (χ0) is 12.7. The third-order valence-electron chi connectivity index (χ3n) is 4.63. The molecular formula is C15H18ClFO. The quantitative estimate of drug-likeness (QED) is 0.884. The maximum atomic E-state index is 13.3. The highest BCUT2D eigenvalue weighted by atomic mass is 35.5. The summed E-state index contributed by atoms with van der Waals surface area (Å²) in [6, 6.07) is 4.82. The monoisotopic (exact) mass is 268 g/mol. The van der Waals surface area contributed by atoms with Gasteiger partial charge < -0.3 is 5.11 Å². The van der Waals surface area contributed by atoms with E-state index in [1.54, 1.807) is 12.1 Å². The lowest BCUT2D eigenvalue weighted by atomic mass is 10.0. The van der Waals surface area contributed by atoms with Crippen molar-refractivity contribution in [1.82, 2.24) is 0 Å². The van der Waals surface area contributed by atoms with E-state index in [1.807, 2.05) is 0 Å². The van der Waals surface area contributed by atoms with Gasteiger partial charge in [0.15, 0.2) is 0 Å². The van der Waals surface area contributed by atoms with E-state index < -0.39 is 5.82 Å². The first kappa shape index (κ1) is 12.4. The Balaban J connectivity index is 1.68. The molecule has 3 heteroatoms. The third-order valence-corrected chi connectivity index (χ3v) is 5.05. The van der Waals surface area contributed by atoms with Crippen molar-refractivity contribution in [1.29, 1.82) is 0 Å². The van der Waals surface area contributed by atoms with Gasteiger partial charge in [-0.1, -0.05) is 36.6 Å². The van der Waals surface area contributed by atoms with Crippen LogP contribution in [0.2, 0.25) is 5.02 Å². The molecular weight excluding hydrogens is 251 g/mol. The minimum Gasteiger partial charge on any atom is -0.392 e. The van der Waals surface area contributed by atoms with Gasteiger partial charge in [0.05, 0.1) is 11.1 Å². The number of aliphatic hydroxyl groups is 1. The van der Waals surface area contributed by atoms with E-state index in [-0.39, 0.29) is 11.1 Å². The molecule has 0 bridgehead atoms. The average molecular weight is 269 g/mol.